The van der Waals surface area contributed by atoms with Crippen molar-refractivity contribution in [1.82, 2.24) is 9.80 Å². The van der Waals surface area contributed by atoms with Gasteiger partial charge in [-0.3, -0.25) is 4.79 Å². The lowest BCUT2D eigenvalue weighted by atomic mass is 9.80. The Balaban J connectivity index is 1.39. The van der Waals surface area contributed by atoms with Gasteiger partial charge in [0.1, 0.15) is 0 Å². The van der Waals surface area contributed by atoms with Gasteiger partial charge in [0.05, 0.1) is 12.0 Å². The Labute approximate surface area is 153 Å². The molecule has 1 amide bonds. The molecule has 0 unspecified atom stereocenters. The van der Waals surface area contributed by atoms with Crippen LogP contribution in [-0.2, 0) is 4.79 Å². The van der Waals surface area contributed by atoms with Crippen LogP contribution in [0.3, 0.4) is 0 Å². The number of halogens is 3. The molecule has 1 N–H and O–H groups in total. The van der Waals surface area contributed by atoms with Gasteiger partial charge in [-0.1, -0.05) is 0 Å². The number of alkyl halides is 3. The molecule has 0 aromatic rings. The predicted molar refractivity (Wildman–Crippen MR) is 92.5 cm³/mol. The van der Waals surface area contributed by atoms with Crippen LogP contribution in [0.5, 0.6) is 0 Å². The van der Waals surface area contributed by atoms with Gasteiger partial charge in [-0.05, 0) is 57.3 Å². The molecular formula is C19H31F3N2O2. The monoisotopic (exact) mass is 376 g/mol. The van der Waals surface area contributed by atoms with Crippen LogP contribution in [0.15, 0.2) is 0 Å². The summed E-state index contributed by atoms with van der Waals surface area (Å²) < 4.78 is 38.3. The topological polar surface area (TPSA) is 43.8 Å². The predicted octanol–water partition coefficient (Wildman–Crippen LogP) is 3.05. The first-order valence-electron chi connectivity index (χ1n) is 10.1. The van der Waals surface area contributed by atoms with Gasteiger partial charge in [0.15, 0.2) is 0 Å². The van der Waals surface area contributed by atoms with Gasteiger partial charge in [0, 0.05) is 38.6 Å². The van der Waals surface area contributed by atoms with Crippen LogP contribution in [0, 0.1) is 17.8 Å². The summed E-state index contributed by atoms with van der Waals surface area (Å²) >= 11 is 0. The zero-order chi connectivity index (χ0) is 18.7. The maximum atomic E-state index is 12.8. The third-order valence-corrected chi connectivity index (χ3v) is 6.54. The van der Waals surface area contributed by atoms with Crippen molar-refractivity contribution in [2.75, 3.05) is 32.7 Å². The molecule has 0 atom stereocenters. The van der Waals surface area contributed by atoms with E-state index in [0.717, 1.165) is 58.4 Å². The van der Waals surface area contributed by atoms with E-state index in [1.165, 1.54) is 0 Å². The maximum absolute atomic E-state index is 12.8. The largest absolute Gasteiger partial charge is 0.393 e. The second-order valence-corrected chi connectivity index (χ2v) is 8.39. The number of piperidine rings is 2. The Morgan fingerprint density at radius 1 is 0.885 bits per heavy atom. The summed E-state index contributed by atoms with van der Waals surface area (Å²) in [6, 6.07) is 0. The van der Waals surface area contributed by atoms with Crippen molar-refractivity contribution in [2.45, 2.75) is 63.6 Å². The summed E-state index contributed by atoms with van der Waals surface area (Å²) in [5, 5.41) is 9.58. The third kappa shape index (κ3) is 5.12. The first kappa shape index (κ1) is 19.9. The Hall–Kier alpha value is -0.820. The lowest BCUT2D eigenvalue weighted by molar-refractivity contribution is -0.185. The number of nitrogens with zero attached hydrogens (tertiary/aromatic N) is 2. The van der Waals surface area contributed by atoms with Crippen molar-refractivity contribution in [3.8, 4) is 0 Å². The molecule has 0 spiro atoms. The molecule has 0 radical (unpaired) electrons. The van der Waals surface area contributed by atoms with E-state index >= 15 is 0 Å². The van der Waals surface area contributed by atoms with Crippen LogP contribution < -0.4 is 0 Å². The molecule has 150 valence electrons. The first-order chi connectivity index (χ1) is 12.3. The van der Waals surface area contributed by atoms with E-state index in [1.54, 1.807) is 0 Å². The molecule has 1 saturated carbocycles. The van der Waals surface area contributed by atoms with Crippen molar-refractivity contribution >= 4 is 5.91 Å². The summed E-state index contributed by atoms with van der Waals surface area (Å²) in [7, 11) is 0. The molecule has 3 fully saturated rings. The number of aliphatic hydroxyl groups excluding tert-OH is 1. The van der Waals surface area contributed by atoms with E-state index in [4.69, 9.17) is 0 Å². The molecule has 1 aliphatic carbocycles. The van der Waals surface area contributed by atoms with E-state index in [0.29, 0.717) is 18.8 Å². The second-order valence-electron chi connectivity index (χ2n) is 8.39. The number of likely N-dealkylation sites (tertiary alicyclic amines) is 2. The number of rotatable bonds is 3. The van der Waals surface area contributed by atoms with Gasteiger partial charge in [-0.2, -0.15) is 13.2 Å². The molecule has 4 nitrogen and oxygen atoms in total. The normalized spacial score (nSPS) is 30.5. The highest BCUT2D eigenvalue weighted by atomic mass is 19.4. The van der Waals surface area contributed by atoms with Crippen molar-refractivity contribution in [2.24, 2.45) is 17.8 Å². The van der Waals surface area contributed by atoms with Crippen LogP contribution in [0.25, 0.3) is 0 Å². The minimum atomic E-state index is -4.11. The number of aliphatic hydroxyl groups is 1. The quantitative estimate of drug-likeness (QED) is 0.823. The average Bonchev–Trinajstić information content (AvgIpc) is 2.63. The van der Waals surface area contributed by atoms with Gasteiger partial charge < -0.3 is 14.9 Å². The van der Waals surface area contributed by atoms with Gasteiger partial charge in [0.2, 0.25) is 5.91 Å². The molecule has 2 aliphatic heterocycles. The van der Waals surface area contributed by atoms with Crippen molar-refractivity contribution in [3.63, 3.8) is 0 Å². The van der Waals surface area contributed by atoms with Crippen LogP contribution in [0.1, 0.15) is 51.4 Å². The SMILES string of the molecule is O=C(C1CCC(C(F)(F)F)CC1)N1CCC(CN2CCC(O)CC2)CC1. The lowest BCUT2D eigenvalue weighted by Gasteiger charge is -2.39. The van der Waals surface area contributed by atoms with Gasteiger partial charge in [0.25, 0.3) is 0 Å². The molecule has 0 bridgehead atoms. The first-order valence-corrected chi connectivity index (χ1v) is 10.1. The molecule has 3 rings (SSSR count). The maximum Gasteiger partial charge on any atom is 0.391 e. The number of carbonyl (C=O) groups excluding carboxylic acids is 1. The van der Waals surface area contributed by atoms with Crippen molar-refractivity contribution < 1.29 is 23.1 Å². The van der Waals surface area contributed by atoms with Crippen LogP contribution in [0.4, 0.5) is 13.2 Å². The Morgan fingerprint density at radius 3 is 2.00 bits per heavy atom. The summed E-state index contributed by atoms with van der Waals surface area (Å²) in [4.78, 5) is 16.9. The molecule has 2 saturated heterocycles. The second kappa shape index (κ2) is 8.46. The number of hydrogen-bond donors (Lipinski definition) is 1. The zero-order valence-electron chi connectivity index (χ0n) is 15.4. The fraction of sp³-hybridized carbons (Fsp3) is 0.947. The molecule has 0 aromatic heterocycles. The fourth-order valence-corrected chi connectivity index (χ4v) is 4.73. The molecule has 7 heteroatoms. The summed E-state index contributed by atoms with van der Waals surface area (Å²) in [5.41, 5.74) is 0. The third-order valence-electron chi connectivity index (χ3n) is 6.54. The van der Waals surface area contributed by atoms with Crippen molar-refractivity contribution in [3.05, 3.63) is 0 Å². The molecule has 26 heavy (non-hydrogen) atoms. The highest BCUT2D eigenvalue weighted by Crippen LogP contribution is 2.40. The molecule has 3 aliphatic rings. The molecule has 0 aromatic carbocycles. The van der Waals surface area contributed by atoms with Crippen LogP contribution in [0.2, 0.25) is 0 Å². The standard InChI is InChI=1S/C19H31F3N2O2/c20-19(21,22)16-3-1-15(2-4-16)18(26)24-11-5-14(6-12-24)13-23-9-7-17(25)8-10-23/h14-17,25H,1-13H2. The van der Waals surface area contributed by atoms with Gasteiger partial charge in [-0.25, -0.2) is 0 Å². The Bertz CT molecular complexity index is 462. The summed E-state index contributed by atoms with van der Waals surface area (Å²) in [6.45, 7) is 4.40. The van der Waals surface area contributed by atoms with Crippen molar-refractivity contribution in [1.29, 1.82) is 0 Å². The van der Waals surface area contributed by atoms with E-state index in [-0.39, 0.29) is 30.8 Å². The molecule has 2 heterocycles. The lowest BCUT2D eigenvalue weighted by Crippen LogP contribution is -2.46. The van der Waals surface area contributed by atoms with Gasteiger partial charge in [-0.15, -0.1) is 0 Å². The number of amides is 1. The van der Waals surface area contributed by atoms with E-state index in [2.05, 4.69) is 4.90 Å². The van der Waals surface area contributed by atoms with E-state index in [9.17, 15) is 23.1 Å². The molecular weight excluding hydrogens is 345 g/mol. The highest BCUT2D eigenvalue weighted by Gasteiger charge is 2.43. The van der Waals surface area contributed by atoms with Gasteiger partial charge >= 0.3 is 6.18 Å². The van der Waals surface area contributed by atoms with E-state index < -0.39 is 12.1 Å². The Morgan fingerprint density at radius 2 is 1.46 bits per heavy atom. The van der Waals surface area contributed by atoms with Crippen LogP contribution >= 0.6 is 0 Å². The minimum Gasteiger partial charge on any atom is -0.393 e. The number of carbonyl (C=O) groups is 1. The van der Waals surface area contributed by atoms with Crippen LogP contribution in [-0.4, -0.2) is 65.8 Å². The number of hydrogen-bond acceptors (Lipinski definition) is 3. The average molecular weight is 376 g/mol. The Kier molecular flexibility index (Phi) is 6.49. The summed E-state index contributed by atoms with van der Waals surface area (Å²) in [5.74, 6) is -0.783. The minimum absolute atomic E-state index is 0.0742. The summed E-state index contributed by atoms with van der Waals surface area (Å²) in [6.07, 6.45) is 0.308. The zero-order valence-corrected chi connectivity index (χ0v) is 15.4. The highest BCUT2D eigenvalue weighted by molar-refractivity contribution is 5.79. The smallest absolute Gasteiger partial charge is 0.391 e. The van der Waals surface area contributed by atoms with E-state index in [1.807, 2.05) is 4.90 Å². The fourth-order valence-electron chi connectivity index (χ4n) is 4.73.